The summed E-state index contributed by atoms with van der Waals surface area (Å²) in [5.41, 5.74) is 8.51. The van der Waals surface area contributed by atoms with Gasteiger partial charge in [0.05, 0.1) is 0 Å². The van der Waals surface area contributed by atoms with Crippen molar-refractivity contribution < 1.29 is 0 Å². The average molecular weight is 206 g/mol. The molecule has 1 aromatic carbocycles. The van der Waals surface area contributed by atoms with Crippen LogP contribution in [-0.2, 0) is 0 Å². The Labute approximate surface area is 93.1 Å². The number of para-hydroxylation sites is 1. The predicted molar refractivity (Wildman–Crippen MR) is 67.2 cm³/mol. The third-order valence-electron chi connectivity index (χ3n) is 2.64. The molecule has 0 aromatic heterocycles. The molecule has 1 rings (SSSR count). The van der Waals surface area contributed by atoms with Crippen molar-refractivity contribution in [3.63, 3.8) is 0 Å². The van der Waals surface area contributed by atoms with Crippen molar-refractivity contribution in [3.8, 4) is 0 Å². The minimum atomic E-state index is 0.104. The summed E-state index contributed by atoms with van der Waals surface area (Å²) in [6.07, 6.45) is 1.17. The van der Waals surface area contributed by atoms with Crippen molar-refractivity contribution >= 4 is 5.69 Å². The highest BCUT2D eigenvalue weighted by Gasteiger charge is 2.10. The van der Waals surface area contributed by atoms with Gasteiger partial charge in [0.15, 0.2) is 0 Å². The van der Waals surface area contributed by atoms with Gasteiger partial charge < -0.3 is 10.6 Å². The van der Waals surface area contributed by atoms with E-state index in [2.05, 4.69) is 43.0 Å². The van der Waals surface area contributed by atoms with Gasteiger partial charge in [0, 0.05) is 24.8 Å². The second-order valence-electron chi connectivity index (χ2n) is 3.93. The lowest BCUT2D eigenvalue weighted by molar-refractivity contribution is 0.761. The lowest BCUT2D eigenvalue weighted by Gasteiger charge is -2.26. The van der Waals surface area contributed by atoms with E-state index in [0.717, 1.165) is 13.1 Å². The van der Waals surface area contributed by atoms with Crippen molar-refractivity contribution in [2.75, 3.05) is 18.0 Å². The predicted octanol–water partition coefficient (Wildman–Crippen LogP) is 2.94. The first-order valence-electron chi connectivity index (χ1n) is 5.80. The second-order valence-corrected chi connectivity index (χ2v) is 3.93. The van der Waals surface area contributed by atoms with Crippen molar-refractivity contribution in [2.24, 2.45) is 5.73 Å². The molecule has 0 radical (unpaired) electrons. The van der Waals surface area contributed by atoms with Crippen LogP contribution in [0.3, 0.4) is 0 Å². The van der Waals surface area contributed by atoms with Crippen LogP contribution in [0.5, 0.6) is 0 Å². The standard InChI is InChI=1S/C13H22N2/c1-4-10-15(5-2)13-9-7-6-8-12(13)11(3)14/h6-9,11H,4-5,10,14H2,1-3H3. The summed E-state index contributed by atoms with van der Waals surface area (Å²) >= 11 is 0. The van der Waals surface area contributed by atoms with Gasteiger partial charge in [-0.2, -0.15) is 0 Å². The summed E-state index contributed by atoms with van der Waals surface area (Å²) in [4.78, 5) is 2.39. The van der Waals surface area contributed by atoms with E-state index in [-0.39, 0.29) is 6.04 Å². The minimum Gasteiger partial charge on any atom is -0.372 e. The van der Waals surface area contributed by atoms with Gasteiger partial charge >= 0.3 is 0 Å². The molecule has 0 aliphatic heterocycles. The highest BCUT2D eigenvalue weighted by atomic mass is 15.1. The number of anilines is 1. The Morgan fingerprint density at radius 2 is 1.93 bits per heavy atom. The molecule has 84 valence electrons. The SMILES string of the molecule is CCCN(CC)c1ccccc1C(C)N. The van der Waals surface area contributed by atoms with E-state index in [1.165, 1.54) is 17.7 Å². The van der Waals surface area contributed by atoms with Gasteiger partial charge in [-0.1, -0.05) is 25.1 Å². The van der Waals surface area contributed by atoms with Crippen LogP contribution in [0.2, 0.25) is 0 Å². The Morgan fingerprint density at radius 1 is 1.27 bits per heavy atom. The van der Waals surface area contributed by atoms with Crippen molar-refractivity contribution in [1.82, 2.24) is 0 Å². The molecule has 1 unspecified atom stereocenters. The van der Waals surface area contributed by atoms with E-state index in [4.69, 9.17) is 5.73 Å². The van der Waals surface area contributed by atoms with E-state index in [1.54, 1.807) is 0 Å². The average Bonchev–Trinajstić information content (AvgIpc) is 2.26. The van der Waals surface area contributed by atoms with Crippen molar-refractivity contribution in [2.45, 2.75) is 33.2 Å². The second kappa shape index (κ2) is 5.76. The summed E-state index contributed by atoms with van der Waals surface area (Å²) < 4.78 is 0. The van der Waals surface area contributed by atoms with E-state index in [0.29, 0.717) is 0 Å². The Hall–Kier alpha value is -1.02. The molecule has 0 aliphatic carbocycles. The highest BCUT2D eigenvalue weighted by molar-refractivity contribution is 5.54. The minimum absolute atomic E-state index is 0.104. The van der Waals surface area contributed by atoms with Gasteiger partial charge in [-0.3, -0.25) is 0 Å². The molecule has 15 heavy (non-hydrogen) atoms. The molecule has 0 bridgehead atoms. The molecule has 0 saturated carbocycles. The lowest BCUT2D eigenvalue weighted by Crippen LogP contribution is -2.25. The van der Waals surface area contributed by atoms with E-state index >= 15 is 0 Å². The number of hydrogen-bond acceptors (Lipinski definition) is 2. The monoisotopic (exact) mass is 206 g/mol. The smallest absolute Gasteiger partial charge is 0.0414 e. The van der Waals surface area contributed by atoms with Gasteiger partial charge in [-0.15, -0.1) is 0 Å². The fraction of sp³-hybridized carbons (Fsp3) is 0.538. The van der Waals surface area contributed by atoms with Crippen LogP contribution in [-0.4, -0.2) is 13.1 Å². The van der Waals surface area contributed by atoms with Gasteiger partial charge in [0.1, 0.15) is 0 Å². The molecule has 2 nitrogen and oxygen atoms in total. The van der Waals surface area contributed by atoms with Crippen LogP contribution in [0.15, 0.2) is 24.3 Å². The first kappa shape index (κ1) is 12.1. The van der Waals surface area contributed by atoms with Gasteiger partial charge in [0.2, 0.25) is 0 Å². The fourth-order valence-electron chi connectivity index (χ4n) is 1.88. The third-order valence-corrected chi connectivity index (χ3v) is 2.64. The Bertz CT molecular complexity index is 294. The van der Waals surface area contributed by atoms with Crippen LogP contribution in [0.25, 0.3) is 0 Å². The molecule has 0 spiro atoms. The summed E-state index contributed by atoms with van der Waals surface area (Å²) in [5.74, 6) is 0. The van der Waals surface area contributed by atoms with Gasteiger partial charge in [-0.25, -0.2) is 0 Å². The Morgan fingerprint density at radius 3 is 2.47 bits per heavy atom. The molecule has 1 atom stereocenters. The van der Waals surface area contributed by atoms with E-state index in [1.807, 2.05) is 6.92 Å². The number of hydrogen-bond donors (Lipinski definition) is 1. The molecular formula is C13H22N2. The number of nitrogens with two attached hydrogens (primary N) is 1. The molecule has 1 aromatic rings. The van der Waals surface area contributed by atoms with Crippen molar-refractivity contribution in [3.05, 3.63) is 29.8 Å². The number of benzene rings is 1. The quantitative estimate of drug-likeness (QED) is 0.802. The van der Waals surface area contributed by atoms with E-state index < -0.39 is 0 Å². The molecule has 0 aliphatic rings. The number of rotatable bonds is 5. The maximum absolute atomic E-state index is 5.98. The molecule has 2 heteroatoms. The first-order chi connectivity index (χ1) is 7.20. The zero-order valence-corrected chi connectivity index (χ0v) is 10.0. The van der Waals surface area contributed by atoms with Crippen LogP contribution >= 0.6 is 0 Å². The van der Waals surface area contributed by atoms with Crippen LogP contribution in [0.4, 0.5) is 5.69 Å². The van der Waals surface area contributed by atoms with Gasteiger partial charge in [-0.05, 0) is 31.9 Å². The largest absolute Gasteiger partial charge is 0.372 e. The Kier molecular flexibility index (Phi) is 4.63. The molecule has 2 N–H and O–H groups in total. The molecule has 0 fully saturated rings. The van der Waals surface area contributed by atoms with Crippen LogP contribution in [0, 0.1) is 0 Å². The van der Waals surface area contributed by atoms with E-state index in [9.17, 15) is 0 Å². The molecule has 0 amide bonds. The molecule has 0 saturated heterocycles. The zero-order chi connectivity index (χ0) is 11.3. The maximum atomic E-state index is 5.98. The third kappa shape index (κ3) is 2.96. The highest BCUT2D eigenvalue weighted by Crippen LogP contribution is 2.24. The zero-order valence-electron chi connectivity index (χ0n) is 10.0. The fourth-order valence-corrected chi connectivity index (χ4v) is 1.88. The molecule has 0 heterocycles. The summed E-state index contributed by atoms with van der Waals surface area (Å²) in [5, 5.41) is 0. The summed E-state index contributed by atoms with van der Waals surface area (Å²) in [6.45, 7) is 8.57. The number of nitrogens with zero attached hydrogens (tertiary/aromatic N) is 1. The van der Waals surface area contributed by atoms with Gasteiger partial charge in [0.25, 0.3) is 0 Å². The topological polar surface area (TPSA) is 29.3 Å². The molecular weight excluding hydrogens is 184 g/mol. The summed E-state index contributed by atoms with van der Waals surface area (Å²) in [6, 6.07) is 8.53. The van der Waals surface area contributed by atoms with Crippen molar-refractivity contribution in [1.29, 1.82) is 0 Å². The lowest BCUT2D eigenvalue weighted by atomic mass is 10.1. The Balaban J connectivity index is 2.99. The maximum Gasteiger partial charge on any atom is 0.0414 e. The van der Waals surface area contributed by atoms with Crippen LogP contribution < -0.4 is 10.6 Å². The first-order valence-corrected chi connectivity index (χ1v) is 5.80. The summed E-state index contributed by atoms with van der Waals surface area (Å²) in [7, 11) is 0. The normalized spacial score (nSPS) is 12.5. The van der Waals surface area contributed by atoms with Crippen LogP contribution in [0.1, 0.15) is 38.8 Å².